The third kappa shape index (κ3) is 4.23. The van der Waals surface area contributed by atoms with Gasteiger partial charge in [0.2, 0.25) is 11.8 Å². The van der Waals surface area contributed by atoms with E-state index < -0.39 is 43.8 Å². The average molecular weight is 551 g/mol. The molecule has 0 spiro atoms. The molecule has 8 nitrogen and oxygen atoms in total. The minimum absolute atomic E-state index is 0.177. The van der Waals surface area contributed by atoms with Gasteiger partial charge in [0, 0.05) is 12.7 Å². The van der Waals surface area contributed by atoms with Crippen molar-refractivity contribution in [3.8, 4) is 6.07 Å². The zero-order chi connectivity index (χ0) is 25.9. The summed E-state index contributed by atoms with van der Waals surface area (Å²) >= 11 is 11.9. The molecule has 2 aromatic rings. The molecular weight excluding hydrogens is 530 g/mol. The maximum Gasteiger partial charge on any atom is 0.244 e. The summed E-state index contributed by atoms with van der Waals surface area (Å²) in [7, 11) is -4.12. The van der Waals surface area contributed by atoms with Crippen molar-refractivity contribution in [2.75, 3.05) is 6.54 Å². The molecule has 188 valence electrons. The summed E-state index contributed by atoms with van der Waals surface area (Å²) in [6.07, 6.45) is 3.35. The van der Waals surface area contributed by atoms with E-state index in [1.54, 1.807) is 12.1 Å². The molecule has 1 N–H and O–H groups in total. The molecule has 1 saturated heterocycles. The van der Waals surface area contributed by atoms with Crippen molar-refractivity contribution in [3.05, 3.63) is 58.1 Å². The molecule has 12 heteroatoms. The molecular formula is C24H21Cl2FN4O4S. The lowest BCUT2D eigenvalue weighted by Gasteiger charge is -2.29. The van der Waals surface area contributed by atoms with E-state index >= 15 is 0 Å². The number of carbonyl (C=O) groups excluding carboxylic acids is 2. The van der Waals surface area contributed by atoms with E-state index in [1.165, 1.54) is 11.1 Å². The van der Waals surface area contributed by atoms with Crippen molar-refractivity contribution in [2.24, 2.45) is 0 Å². The van der Waals surface area contributed by atoms with Crippen LogP contribution in [0.3, 0.4) is 0 Å². The molecule has 1 aromatic heterocycles. The highest BCUT2D eigenvalue weighted by Crippen LogP contribution is 2.51. The first-order chi connectivity index (χ1) is 17.0. The fraction of sp³-hybridized carbons (Fsp3) is 0.417. The Labute approximate surface area is 217 Å². The lowest BCUT2D eigenvalue weighted by atomic mass is 9.95. The molecule has 2 amide bonds. The van der Waals surface area contributed by atoms with Crippen LogP contribution in [0.2, 0.25) is 10.2 Å². The molecule has 2 aliphatic carbocycles. The van der Waals surface area contributed by atoms with Gasteiger partial charge >= 0.3 is 0 Å². The van der Waals surface area contributed by atoms with Gasteiger partial charge in [0.05, 0.1) is 26.7 Å². The fourth-order valence-electron chi connectivity index (χ4n) is 4.77. The van der Waals surface area contributed by atoms with Crippen LogP contribution >= 0.6 is 23.2 Å². The number of rotatable bonds is 6. The van der Waals surface area contributed by atoms with Crippen LogP contribution in [0.4, 0.5) is 4.39 Å². The number of carbonyl (C=O) groups is 2. The molecule has 1 unspecified atom stereocenters. The summed E-state index contributed by atoms with van der Waals surface area (Å²) in [5.41, 5.74) is -1.27. The minimum Gasteiger partial charge on any atom is -0.336 e. The number of hydrogen-bond acceptors (Lipinski definition) is 6. The van der Waals surface area contributed by atoms with Crippen LogP contribution < -0.4 is 5.32 Å². The quantitative estimate of drug-likeness (QED) is 0.435. The predicted molar refractivity (Wildman–Crippen MR) is 128 cm³/mol. The smallest absolute Gasteiger partial charge is 0.244 e. The molecule has 0 radical (unpaired) electrons. The maximum absolute atomic E-state index is 13.9. The number of aromatic nitrogens is 1. The van der Waals surface area contributed by atoms with Crippen LogP contribution in [0.15, 0.2) is 41.4 Å². The summed E-state index contributed by atoms with van der Waals surface area (Å²) in [4.78, 5) is 32.2. The van der Waals surface area contributed by atoms with Crippen molar-refractivity contribution in [3.63, 3.8) is 0 Å². The summed E-state index contributed by atoms with van der Waals surface area (Å²) in [6.45, 7) is -0.241. The van der Waals surface area contributed by atoms with Crippen molar-refractivity contribution in [1.29, 1.82) is 5.26 Å². The highest BCUT2D eigenvalue weighted by molar-refractivity contribution is 7.92. The Morgan fingerprint density at radius 2 is 1.89 bits per heavy atom. The molecule has 0 bridgehead atoms. The highest BCUT2D eigenvalue weighted by atomic mass is 35.5. The van der Waals surface area contributed by atoms with Gasteiger partial charge in [0.25, 0.3) is 0 Å². The highest BCUT2D eigenvalue weighted by Gasteiger charge is 2.58. The number of benzene rings is 1. The van der Waals surface area contributed by atoms with E-state index in [-0.39, 0.29) is 33.9 Å². The number of halogens is 3. The lowest BCUT2D eigenvalue weighted by molar-refractivity contribution is -0.140. The first kappa shape index (κ1) is 24.9. The molecule has 1 aromatic carbocycles. The van der Waals surface area contributed by atoms with Gasteiger partial charge in [-0.15, -0.1) is 0 Å². The van der Waals surface area contributed by atoms with E-state index in [0.717, 1.165) is 18.2 Å². The standard InChI is InChI=1S/C24H21Cl2FN4O4S/c25-17-9-15(27)2-3-19(17)36(34,35)16-10-18(21(32)30-23(13-28)5-6-23)31(12-16)22(33)24(7-8-24)14-1-4-20(26)29-11-14/h1-4,9,11,16,18H,5-8,10,12H2,(H,30,32)/t16?,18-/m0/s1. The second kappa shape index (κ2) is 8.68. The molecule has 2 atom stereocenters. The number of hydrogen-bond donors (Lipinski definition) is 1. The van der Waals surface area contributed by atoms with Crippen molar-refractivity contribution >= 4 is 44.9 Å². The number of nitrogens with zero attached hydrogens (tertiary/aromatic N) is 3. The molecule has 1 aliphatic heterocycles. The first-order valence-corrected chi connectivity index (χ1v) is 13.7. The third-order valence-electron chi connectivity index (χ3n) is 7.23. The lowest BCUT2D eigenvalue weighted by Crippen LogP contribution is -2.51. The van der Waals surface area contributed by atoms with Gasteiger partial charge in [0.1, 0.15) is 22.6 Å². The zero-order valence-electron chi connectivity index (χ0n) is 18.9. The molecule has 3 aliphatic rings. The Kier molecular flexibility index (Phi) is 6.01. The zero-order valence-corrected chi connectivity index (χ0v) is 21.2. The van der Waals surface area contributed by atoms with E-state index in [4.69, 9.17) is 23.2 Å². The van der Waals surface area contributed by atoms with Gasteiger partial charge in [0.15, 0.2) is 9.84 Å². The fourth-order valence-corrected chi connectivity index (χ4v) is 7.12. The van der Waals surface area contributed by atoms with Gasteiger partial charge in [-0.1, -0.05) is 29.3 Å². The van der Waals surface area contributed by atoms with Gasteiger partial charge in [-0.25, -0.2) is 17.8 Å². The van der Waals surface area contributed by atoms with Gasteiger partial charge in [-0.2, -0.15) is 5.26 Å². The second-order valence-electron chi connectivity index (χ2n) is 9.59. The van der Waals surface area contributed by atoms with Crippen LogP contribution in [0.5, 0.6) is 0 Å². The molecule has 3 fully saturated rings. The Morgan fingerprint density at radius 1 is 1.17 bits per heavy atom. The molecule has 2 saturated carbocycles. The SMILES string of the molecule is N#CC1(NC(=O)[C@@H]2CC(S(=O)(=O)c3ccc(F)cc3Cl)CN2C(=O)C2(c3ccc(Cl)nc3)CC2)CC1. The van der Waals surface area contributed by atoms with Crippen molar-refractivity contribution < 1.29 is 22.4 Å². The van der Waals surface area contributed by atoms with Gasteiger partial charge in [-0.3, -0.25) is 9.59 Å². The Morgan fingerprint density at radius 3 is 2.44 bits per heavy atom. The van der Waals surface area contributed by atoms with Crippen LogP contribution in [-0.2, 0) is 24.8 Å². The summed E-state index contributed by atoms with van der Waals surface area (Å²) < 4.78 is 40.5. The van der Waals surface area contributed by atoms with E-state index in [2.05, 4.69) is 16.4 Å². The van der Waals surface area contributed by atoms with Crippen LogP contribution in [-0.4, -0.2) is 53.5 Å². The van der Waals surface area contributed by atoms with Crippen LogP contribution in [0.25, 0.3) is 0 Å². The van der Waals surface area contributed by atoms with Gasteiger partial charge < -0.3 is 10.2 Å². The van der Waals surface area contributed by atoms with E-state index in [9.17, 15) is 27.7 Å². The number of nitriles is 1. The average Bonchev–Trinajstić information content (AvgIpc) is 3.75. The predicted octanol–water partition coefficient (Wildman–Crippen LogP) is 3.17. The number of likely N-dealkylation sites (tertiary alicyclic amines) is 1. The van der Waals surface area contributed by atoms with Crippen LogP contribution in [0.1, 0.15) is 37.7 Å². The number of amides is 2. The third-order valence-corrected chi connectivity index (χ3v) is 10.1. The molecule has 36 heavy (non-hydrogen) atoms. The van der Waals surface area contributed by atoms with Crippen molar-refractivity contribution in [1.82, 2.24) is 15.2 Å². The Bertz CT molecular complexity index is 1400. The number of pyridine rings is 1. The monoisotopic (exact) mass is 550 g/mol. The van der Waals surface area contributed by atoms with E-state index in [0.29, 0.717) is 31.2 Å². The number of nitrogens with one attached hydrogen (secondary N) is 1. The molecule has 2 heterocycles. The van der Waals surface area contributed by atoms with E-state index in [1.807, 2.05) is 0 Å². The summed E-state index contributed by atoms with van der Waals surface area (Å²) in [5.74, 6) is -1.63. The van der Waals surface area contributed by atoms with Crippen molar-refractivity contribution in [2.45, 2.75) is 59.2 Å². The largest absolute Gasteiger partial charge is 0.336 e. The summed E-state index contributed by atoms with van der Waals surface area (Å²) in [5, 5.41) is 11.0. The maximum atomic E-state index is 13.9. The van der Waals surface area contributed by atoms with Crippen LogP contribution in [0, 0.1) is 17.1 Å². The minimum atomic E-state index is -4.12. The second-order valence-corrected chi connectivity index (χ2v) is 12.6. The van der Waals surface area contributed by atoms with Gasteiger partial charge in [-0.05, 0) is 61.9 Å². The topological polar surface area (TPSA) is 120 Å². The first-order valence-electron chi connectivity index (χ1n) is 11.4. The normalized spacial score (nSPS) is 23.6. The summed E-state index contributed by atoms with van der Waals surface area (Å²) in [6, 6.07) is 7.25. The Hall–Kier alpha value is -2.74. The molecule has 5 rings (SSSR count). The Balaban J connectivity index is 1.48. The number of sulfone groups is 1.